The van der Waals surface area contributed by atoms with E-state index in [0.29, 0.717) is 25.3 Å². The first-order chi connectivity index (χ1) is 8.63. The largest absolute Gasteiger partial charge is 0.396 e. The van der Waals surface area contributed by atoms with Crippen LogP contribution in [-0.4, -0.2) is 41.3 Å². The minimum Gasteiger partial charge on any atom is -0.396 e. The zero-order valence-corrected chi connectivity index (χ0v) is 11.3. The number of anilines is 1. The van der Waals surface area contributed by atoms with Crippen LogP contribution in [0.2, 0.25) is 5.02 Å². The minimum absolute atomic E-state index is 0.0259. The third-order valence-corrected chi connectivity index (χ3v) is 2.85. The molecule has 0 aliphatic rings. The molecule has 0 saturated carbocycles. The number of methoxy groups -OCH3 is 1. The van der Waals surface area contributed by atoms with E-state index < -0.39 is 0 Å². The molecule has 1 heterocycles. The van der Waals surface area contributed by atoms with E-state index in [1.54, 1.807) is 7.11 Å². The van der Waals surface area contributed by atoms with Crippen LogP contribution in [0.5, 0.6) is 0 Å². The van der Waals surface area contributed by atoms with E-state index in [4.69, 9.17) is 21.4 Å². The number of nitrogens with zero attached hydrogens (tertiary/aromatic N) is 2. The molecule has 0 bridgehead atoms. The van der Waals surface area contributed by atoms with Gasteiger partial charge in [0.2, 0.25) is 0 Å². The predicted octanol–water partition coefficient (Wildman–Crippen LogP) is 0.726. The predicted molar refractivity (Wildman–Crippen MR) is 70.2 cm³/mol. The molecule has 1 atom stereocenters. The zero-order valence-electron chi connectivity index (χ0n) is 10.5. The molecule has 0 aliphatic heterocycles. The second-order valence-corrected chi connectivity index (χ2v) is 4.18. The molecule has 0 aliphatic carbocycles. The molecular weight excluding hydrogens is 258 g/mol. The number of aromatic nitrogens is 2. The van der Waals surface area contributed by atoms with Crippen LogP contribution >= 0.6 is 11.6 Å². The molecule has 102 valence electrons. The van der Waals surface area contributed by atoms with Gasteiger partial charge in [-0.05, 0) is 13.3 Å². The number of aliphatic hydroxyl groups is 1. The lowest BCUT2D eigenvalue weighted by atomic mass is 10.2. The molecule has 18 heavy (non-hydrogen) atoms. The van der Waals surface area contributed by atoms with Crippen LogP contribution in [0.3, 0.4) is 0 Å². The van der Waals surface area contributed by atoms with Crippen molar-refractivity contribution < 1.29 is 9.84 Å². The first kappa shape index (κ1) is 14.9. The Hall–Kier alpha value is -1.11. The summed E-state index contributed by atoms with van der Waals surface area (Å²) < 4.78 is 6.31. The van der Waals surface area contributed by atoms with Crippen molar-refractivity contribution in [2.75, 3.05) is 25.6 Å². The fraction of sp³-hybridized carbons (Fsp3) is 0.636. The van der Waals surface area contributed by atoms with Gasteiger partial charge in [-0.15, -0.1) is 0 Å². The maximum atomic E-state index is 11.8. The van der Waals surface area contributed by atoms with Crippen molar-refractivity contribution in [2.45, 2.75) is 25.9 Å². The Kier molecular flexibility index (Phi) is 6.11. The number of rotatable bonds is 7. The molecule has 0 radical (unpaired) electrons. The Balaban J connectivity index is 2.89. The fourth-order valence-electron chi connectivity index (χ4n) is 1.57. The number of ether oxygens (including phenoxy) is 1. The summed E-state index contributed by atoms with van der Waals surface area (Å²) in [7, 11) is 1.57. The van der Waals surface area contributed by atoms with Crippen LogP contribution in [0.4, 0.5) is 5.69 Å². The molecule has 6 nitrogen and oxygen atoms in total. The molecule has 1 aromatic rings. The maximum absolute atomic E-state index is 11.8. The minimum atomic E-state index is -0.329. The highest BCUT2D eigenvalue weighted by atomic mass is 35.5. The molecule has 1 aromatic heterocycles. The summed E-state index contributed by atoms with van der Waals surface area (Å²) in [6.07, 6.45) is 2.01. The molecule has 0 saturated heterocycles. The van der Waals surface area contributed by atoms with E-state index in [9.17, 15) is 4.79 Å². The summed E-state index contributed by atoms with van der Waals surface area (Å²) in [5.74, 6) is 0. The van der Waals surface area contributed by atoms with Crippen molar-refractivity contribution in [2.24, 2.45) is 0 Å². The van der Waals surface area contributed by atoms with Crippen LogP contribution in [0.25, 0.3) is 0 Å². The fourth-order valence-corrected chi connectivity index (χ4v) is 1.77. The van der Waals surface area contributed by atoms with Crippen LogP contribution < -0.4 is 10.9 Å². The monoisotopic (exact) mass is 275 g/mol. The molecule has 2 N–H and O–H groups in total. The smallest absolute Gasteiger partial charge is 0.287 e. The van der Waals surface area contributed by atoms with Crippen LogP contribution in [0.1, 0.15) is 13.3 Å². The van der Waals surface area contributed by atoms with E-state index in [2.05, 4.69) is 10.4 Å². The van der Waals surface area contributed by atoms with Crippen LogP contribution in [0.15, 0.2) is 11.0 Å². The van der Waals surface area contributed by atoms with Crippen molar-refractivity contribution in [3.8, 4) is 0 Å². The second kappa shape index (κ2) is 7.35. The molecule has 0 fully saturated rings. The van der Waals surface area contributed by atoms with E-state index in [1.807, 2.05) is 6.92 Å². The Bertz CT molecular complexity index is 430. The standard InChI is InChI=1S/C11H18ClN3O3/c1-3-15-11(17)10(12)9(6-13-15)14-8(4-5-16)7-18-2/h6,8,14,16H,3-5,7H2,1-2H3. The number of aliphatic hydroxyl groups excluding tert-OH is 1. The molecule has 0 spiro atoms. The lowest BCUT2D eigenvalue weighted by Gasteiger charge is -2.18. The van der Waals surface area contributed by atoms with Gasteiger partial charge in [-0.2, -0.15) is 5.10 Å². The average molecular weight is 276 g/mol. The Morgan fingerprint density at radius 1 is 1.67 bits per heavy atom. The number of aryl methyl sites for hydroxylation is 1. The first-order valence-corrected chi connectivity index (χ1v) is 6.13. The van der Waals surface area contributed by atoms with Crippen molar-refractivity contribution in [3.63, 3.8) is 0 Å². The maximum Gasteiger partial charge on any atom is 0.287 e. The molecule has 1 unspecified atom stereocenters. The third-order valence-electron chi connectivity index (χ3n) is 2.49. The molecule has 1 rings (SSSR count). The number of hydrogen-bond acceptors (Lipinski definition) is 5. The van der Waals surface area contributed by atoms with Gasteiger partial charge in [0.25, 0.3) is 5.56 Å². The highest BCUT2D eigenvalue weighted by Crippen LogP contribution is 2.17. The van der Waals surface area contributed by atoms with Gasteiger partial charge in [0.1, 0.15) is 5.02 Å². The second-order valence-electron chi connectivity index (χ2n) is 3.80. The third kappa shape index (κ3) is 3.69. The van der Waals surface area contributed by atoms with E-state index in [1.165, 1.54) is 10.9 Å². The van der Waals surface area contributed by atoms with Gasteiger partial charge in [-0.1, -0.05) is 11.6 Å². The summed E-state index contributed by atoms with van der Waals surface area (Å²) in [4.78, 5) is 11.8. The normalized spacial score (nSPS) is 12.4. The first-order valence-electron chi connectivity index (χ1n) is 5.76. The van der Waals surface area contributed by atoms with Crippen molar-refractivity contribution in [1.29, 1.82) is 0 Å². The number of nitrogens with one attached hydrogen (secondary N) is 1. The van der Waals surface area contributed by atoms with Gasteiger partial charge in [-0.25, -0.2) is 4.68 Å². The average Bonchev–Trinajstić information content (AvgIpc) is 2.36. The molecule has 0 amide bonds. The van der Waals surface area contributed by atoms with Crippen LogP contribution in [-0.2, 0) is 11.3 Å². The summed E-state index contributed by atoms with van der Waals surface area (Å²) >= 11 is 5.98. The van der Waals surface area contributed by atoms with Gasteiger partial charge in [-0.3, -0.25) is 4.79 Å². The topological polar surface area (TPSA) is 76.4 Å². The van der Waals surface area contributed by atoms with Gasteiger partial charge in [0.15, 0.2) is 0 Å². The number of halogens is 1. The highest BCUT2D eigenvalue weighted by molar-refractivity contribution is 6.32. The van der Waals surface area contributed by atoms with Gasteiger partial charge in [0.05, 0.1) is 24.5 Å². The quantitative estimate of drug-likeness (QED) is 0.767. The van der Waals surface area contributed by atoms with E-state index in [0.717, 1.165) is 0 Å². The highest BCUT2D eigenvalue weighted by Gasteiger charge is 2.13. The van der Waals surface area contributed by atoms with Gasteiger partial charge < -0.3 is 15.2 Å². The van der Waals surface area contributed by atoms with Gasteiger partial charge >= 0.3 is 0 Å². The molecule has 7 heteroatoms. The zero-order chi connectivity index (χ0) is 13.5. The Morgan fingerprint density at radius 2 is 2.39 bits per heavy atom. The molecule has 0 aromatic carbocycles. The lowest BCUT2D eigenvalue weighted by Crippen LogP contribution is -2.29. The summed E-state index contributed by atoms with van der Waals surface area (Å²) in [6.45, 7) is 2.72. The Labute approximate surface area is 111 Å². The van der Waals surface area contributed by atoms with E-state index in [-0.39, 0.29) is 23.2 Å². The van der Waals surface area contributed by atoms with Gasteiger partial charge in [0, 0.05) is 20.3 Å². The van der Waals surface area contributed by atoms with E-state index >= 15 is 0 Å². The SMILES string of the molecule is CCn1ncc(NC(CCO)COC)c(Cl)c1=O. The molecular formula is C11H18ClN3O3. The van der Waals surface area contributed by atoms with Crippen LogP contribution in [0, 0.1) is 0 Å². The summed E-state index contributed by atoms with van der Waals surface area (Å²) in [5.41, 5.74) is 0.131. The van der Waals surface area contributed by atoms with Crippen molar-refractivity contribution >= 4 is 17.3 Å². The Morgan fingerprint density at radius 3 is 2.94 bits per heavy atom. The number of hydrogen-bond donors (Lipinski definition) is 2. The van der Waals surface area contributed by atoms with Crippen molar-refractivity contribution in [1.82, 2.24) is 9.78 Å². The summed E-state index contributed by atoms with van der Waals surface area (Å²) in [5, 5.41) is 16.1. The van der Waals surface area contributed by atoms with Crippen molar-refractivity contribution in [3.05, 3.63) is 21.6 Å². The summed E-state index contributed by atoms with van der Waals surface area (Å²) in [6, 6.07) is -0.115. The lowest BCUT2D eigenvalue weighted by molar-refractivity contribution is 0.170.